The lowest BCUT2D eigenvalue weighted by atomic mass is 9.76. The first-order chi connectivity index (χ1) is 9.61. The Balaban J connectivity index is 2.23. The molecule has 4 heteroatoms. The van der Waals surface area contributed by atoms with Gasteiger partial charge in [-0.3, -0.25) is 0 Å². The Morgan fingerprint density at radius 3 is 2.90 bits per heavy atom. The summed E-state index contributed by atoms with van der Waals surface area (Å²) in [7, 11) is 1.71. The predicted molar refractivity (Wildman–Crippen MR) is 85.4 cm³/mol. The van der Waals surface area contributed by atoms with Crippen molar-refractivity contribution >= 4 is 15.9 Å². The standard InChI is InChI=1S/C16H24BrNO2/c1-4-18-11-16(7-8-20-12(16)2)10-13-9-14(19-3)5-6-15(13)17/h5-6,9,12,18H,4,7-8,10-11H2,1-3H3. The van der Waals surface area contributed by atoms with E-state index < -0.39 is 0 Å². The quantitative estimate of drug-likeness (QED) is 0.860. The zero-order chi connectivity index (χ0) is 14.6. The summed E-state index contributed by atoms with van der Waals surface area (Å²) in [5.41, 5.74) is 1.46. The first kappa shape index (κ1) is 15.8. The molecule has 2 atom stereocenters. The summed E-state index contributed by atoms with van der Waals surface area (Å²) in [6, 6.07) is 6.18. The lowest BCUT2D eigenvalue weighted by Crippen LogP contribution is -2.41. The SMILES string of the molecule is CCNCC1(Cc2cc(OC)ccc2Br)CCOC1C. The molecule has 0 amide bonds. The molecule has 2 rings (SSSR count). The van der Waals surface area contributed by atoms with Crippen molar-refractivity contribution in [3.05, 3.63) is 28.2 Å². The van der Waals surface area contributed by atoms with Gasteiger partial charge in [0.1, 0.15) is 5.75 Å². The monoisotopic (exact) mass is 341 g/mol. The molecule has 1 saturated heterocycles. The number of hydrogen-bond donors (Lipinski definition) is 1. The van der Waals surface area contributed by atoms with Gasteiger partial charge in [0, 0.05) is 23.0 Å². The average molecular weight is 342 g/mol. The van der Waals surface area contributed by atoms with E-state index >= 15 is 0 Å². The number of ether oxygens (including phenoxy) is 2. The maximum atomic E-state index is 5.85. The van der Waals surface area contributed by atoms with E-state index in [9.17, 15) is 0 Å². The van der Waals surface area contributed by atoms with Crippen molar-refractivity contribution in [2.75, 3.05) is 26.8 Å². The second-order valence-corrected chi connectivity index (χ2v) is 6.39. The number of benzene rings is 1. The fourth-order valence-electron chi connectivity index (χ4n) is 2.91. The Bertz CT molecular complexity index is 452. The van der Waals surface area contributed by atoms with Crippen molar-refractivity contribution in [3.63, 3.8) is 0 Å². The first-order valence-electron chi connectivity index (χ1n) is 7.26. The van der Waals surface area contributed by atoms with Crippen LogP contribution in [-0.4, -0.2) is 32.9 Å². The lowest BCUT2D eigenvalue weighted by Gasteiger charge is -2.33. The molecule has 1 heterocycles. The number of halogens is 1. The highest BCUT2D eigenvalue weighted by Crippen LogP contribution is 2.39. The molecule has 1 aromatic rings. The molecule has 3 nitrogen and oxygen atoms in total. The van der Waals surface area contributed by atoms with E-state index in [0.717, 1.165) is 42.8 Å². The third-order valence-corrected chi connectivity index (χ3v) is 5.13. The van der Waals surface area contributed by atoms with E-state index in [1.54, 1.807) is 7.11 Å². The number of hydrogen-bond acceptors (Lipinski definition) is 3. The number of nitrogens with one attached hydrogen (secondary N) is 1. The van der Waals surface area contributed by atoms with Crippen LogP contribution in [0.2, 0.25) is 0 Å². The van der Waals surface area contributed by atoms with Crippen LogP contribution >= 0.6 is 15.9 Å². The summed E-state index contributed by atoms with van der Waals surface area (Å²) in [5, 5.41) is 3.50. The van der Waals surface area contributed by atoms with Gasteiger partial charge in [-0.2, -0.15) is 0 Å². The van der Waals surface area contributed by atoms with Crippen LogP contribution in [0.4, 0.5) is 0 Å². The van der Waals surface area contributed by atoms with Crippen molar-refractivity contribution in [1.82, 2.24) is 5.32 Å². The molecule has 1 N–H and O–H groups in total. The highest BCUT2D eigenvalue weighted by molar-refractivity contribution is 9.10. The Morgan fingerprint density at radius 1 is 1.50 bits per heavy atom. The molecule has 20 heavy (non-hydrogen) atoms. The molecular weight excluding hydrogens is 318 g/mol. The molecule has 0 spiro atoms. The summed E-state index contributed by atoms with van der Waals surface area (Å²) in [6.07, 6.45) is 2.38. The fourth-order valence-corrected chi connectivity index (χ4v) is 3.30. The van der Waals surface area contributed by atoms with Gasteiger partial charge in [0.15, 0.2) is 0 Å². The summed E-state index contributed by atoms with van der Waals surface area (Å²) in [5.74, 6) is 0.911. The van der Waals surface area contributed by atoms with Crippen LogP contribution in [0.3, 0.4) is 0 Å². The van der Waals surface area contributed by atoms with Crippen molar-refractivity contribution in [2.45, 2.75) is 32.8 Å². The van der Waals surface area contributed by atoms with Gasteiger partial charge in [-0.25, -0.2) is 0 Å². The second-order valence-electron chi connectivity index (χ2n) is 5.54. The molecule has 1 aromatic carbocycles. The van der Waals surface area contributed by atoms with E-state index in [4.69, 9.17) is 9.47 Å². The lowest BCUT2D eigenvalue weighted by molar-refractivity contribution is 0.0632. The first-order valence-corrected chi connectivity index (χ1v) is 8.05. The molecule has 112 valence electrons. The molecule has 1 aliphatic rings. The molecule has 0 bridgehead atoms. The predicted octanol–water partition coefficient (Wildman–Crippen LogP) is 3.40. The molecule has 0 aromatic heterocycles. The van der Waals surface area contributed by atoms with Crippen molar-refractivity contribution in [3.8, 4) is 5.75 Å². The summed E-state index contributed by atoms with van der Waals surface area (Å²) in [6.45, 7) is 7.18. The van der Waals surface area contributed by atoms with E-state index in [0.29, 0.717) is 0 Å². The van der Waals surface area contributed by atoms with Gasteiger partial charge in [-0.05, 0) is 50.1 Å². The Hall–Kier alpha value is -0.580. The van der Waals surface area contributed by atoms with Gasteiger partial charge in [-0.15, -0.1) is 0 Å². The maximum Gasteiger partial charge on any atom is 0.119 e. The average Bonchev–Trinajstić information content (AvgIpc) is 2.80. The maximum absolute atomic E-state index is 5.85. The van der Waals surface area contributed by atoms with E-state index in [1.165, 1.54) is 5.56 Å². The van der Waals surface area contributed by atoms with Gasteiger partial charge < -0.3 is 14.8 Å². The van der Waals surface area contributed by atoms with Crippen LogP contribution < -0.4 is 10.1 Å². The normalized spacial score (nSPS) is 25.9. The zero-order valence-electron chi connectivity index (χ0n) is 12.5. The molecule has 2 unspecified atom stereocenters. The van der Waals surface area contributed by atoms with E-state index in [2.05, 4.69) is 47.2 Å². The van der Waals surface area contributed by atoms with Gasteiger partial charge in [-0.1, -0.05) is 22.9 Å². The zero-order valence-corrected chi connectivity index (χ0v) is 14.1. The van der Waals surface area contributed by atoms with Crippen LogP contribution in [0.15, 0.2) is 22.7 Å². The van der Waals surface area contributed by atoms with Crippen molar-refractivity contribution in [1.29, 1.82) is 0 Å². The van der Waals surface area contributed by atoms with Crippen molar-refractivity contribution in [2.24, 2.45) is 5.41 Å². The molecule has 1 aliphatic heterocycles. The van der Waals surface area contributed by atoms with Crippen LogP contribution in [0.1, 0.15) is 25.8 Å². The minimum Gasteiger partial charge on any atom is -0.497 e. The molecule has 1 fully saturated rings. The van der Waals surface area contributed by atoms with Crippen LogP contribution in [0.5, 0.6) is 5.75 Å². The van der Waals surface area contributed by atoms with Gasteiger partial charge >= 0.3 is 0 Å². The van der Waals surface area contributed by atoms with Crippen LogP contribution in [-0.2, 0) is 11.2 Å². The Labute approximate surface area is 130 Å². The molecule has 0 aliphatic carbocycles. The third kappa shape index (κ3) is 3.35. The Kier molecular flexibility index (Phi) is 5.47. The van der Waals surface area contributed by atoms with Crippen molar-refractivity contribution < 1.29 is 9.47 Å². The number of rotatable bonds is 6. The van der Waals surface area contributed by atoms with Gasteiger partial charge in [0.2, 0.25) is 0 Å². The van der Waals surface area contributed by atoms with Gasteiger partial charge in [0.05, 0.1) is 13.2 Å². The minimum absolute atomic E-state index is 0.172. The van der Waals surface area contributed by atoms with Gasteiger partial charge in [0.25, 0.3) is 0 Å². The summed E-state index contributed by atoms with van der Waals surface area (Å²) < 4.78 is 12.3. The Morgan fingerprint density at radius 2 is 2.30 bits per heavy atom. The fraction of sp³-hybridized carbons (Fsp3) is 0.625. The minimum atomic E-state index is 0.172. The van der Waals surface area contributed by atoms with E-state index in [-0.39, 0.29) is 11.5 Å². The highest BCUT2D eigenvalue weighted by Gasteiger charge is 2.41. The molecule has 0 saturated carbocycles. The second kappa shape index (κ2) is 6.92. The van der Waals surface area contributed by atoms with Crippen LogP contribution in [0, 0.1) is 5.41 Å². The summed E-state index contributed by atoms with van der Waals surface area (Å²) in [4.78, 5) is 0. The number of methoxy groups -OCH3 is 1. The third-order valence-electron chi connectivity index (χ3n) is 4.35. The molecular formula is C16H24BrNO2. The smallest absolute Gasteiger partial charge is 0.119 e. The van der Waals surface area contributed by atoms with Crippen LogP contribution in [0.25, 0.3) is 0 Å². The molecule has 0 radical (unpaired) electrons. The summed E-state index contributed by atoms with van der Waals surface area (Å²) >= 11 is 3.66. The largest absolute Gasteiger partial charge is 0.497 e. The highest BCUT2D eigenvalue weighted by atomic mass is 79.9. The van der Waals surface area contributed by atoms with E-state index in [1.807, 2.05) is 6.07 Å². The topological polar surface area (TPSA) is 30.5 Å².